The van der Waals surface area contributed by atoms with Gasteiger partial charge in [-0.1, -0.05) is 30.3 Å². The quantitative estimate of drug-likeness (QED) is 0.762. The Morgan fingerprint density at radius 1 is 1.14 bits per heavy atom. The van der Waals surface area contributed by atoms with Crippen molar-refractivity contribution in [3.63, 3.8) is 0 Å². The second-order valence-electron chi connectivity index (χ2n) is 7.51. The van der Waals surface area contributed by atoms with Crippen molar-refractivity contribution in [2.45, 2.75) is 38.1 Å². The summed E-state index contributed by atoms with van der Waals surface area (Å²) in [5.41, 5.74) is 0.944. The highest BCUT2D eigenvalue weighted by atomic mass is 16.5. The summed E-state index contributed by atoms with van der Waals surface area (Å²) in [5, 5.41) is 8.08. The number of carbonyl (C=O) groups is 2. The highest BCUT2D eigenvalue weighted by molar-refractivity contribution is 5.88. The number of carbonyl (C=O) groups excluding carboxylic acids is 2. The average molecular weight is 398 g/mol. The highest BCUT2D eigenvalue weighted by Gasteiger charge is 2.38. The molecule has 0 aliphatic carbocycles. The fraction of sp³-hybridized carbons (Fsp3) is 0.524. The number of aromatic nitrogens is 2. The van der Waals surface area contributed by atoms with Gasteiger partial charge in [-0.15, -0.1) is 10.2 Å². The lowest BCUT2D eigenvalue weighted by Crippen LogP contribution is -2.51. The van der Waals surface area contributed by atoms with Gasteiger partial charge in [-0.25, -0.2) is 0 Å². The molecule has 8 heteroatoms. The number of ether oxygens (including phenoxy) is 1. The molecule has 2 fully saturated rings. The van der Waals surface area contributed by atoms with Gasteiger partial charge in [0, 0.05) is 33.0 Å². The molecule has 0 bridgehead atoms. The molecule has 2 atom stereocenters. The summed E-state index contributed by atoms with van der Waals surface area (Å²) in [6, 6.07) is 9.31. The van der Waals surface area contributed by atoms with Crippen LogP contribution in [-0.2, 0) is 14.3 Å². The van der Waals surface area contributed by atoms with Gasteiger partial charge in [0.05, 0.1) is 19.1 Å². The Morgan fingerprint density at radius 2 is 1.90 bits per heavy atom. The van der Waals surface area contributed by atoms with Crippen molar-refractivity contribution < 1.29 is 18.7 Å². The molecule has 1 aromatic carbocycles. The minimum absolute atomic E-state index is 0.0315. The van der Waals surface area contributed by atoms with E-state index in [2.05, 4.69) is 10.2 Å². The molecule has 2 saturated heterocycles. The van der Waals surface area contributed by atoms with Crippen molar-refractivity contribution >= 4 is 11.8 Å². The largest absolute Gasteiger partial charge is 0.425 e. The molecular weight excluding hydrogens is 372 g/mol. The van der Waals surface area contributed by atoms with Gasteiger partial charge in [-0.05, 0) is 18.4 Å². The maximum Gasteiger partial charge on any atom is 0.245 e. The molecule has 4 rings (SSSR count). The molecule has 0 radical (unpaired) electrons. The second-order valence-corrected chi connectivity index (χ2v) is 7.51. The summed E-state index contributed by atoms with van der Waals surface area (Å²) in [7, 11) is 0. The molecule has 154 valence electrons. The topological polar surface area (TPSA) is 88.8 Å². The molecule has 2 aromatic rings. The van der Waals surface area contributed by atoms with Crippen LogP contribution < -0.4 is 0 Å². The number of nitrogens with zero attached hydrogens (tertiary/aromatic N) is 4. The number of hydrogen-bond acceptors (Lipinski definition) is 6. The maximum absolute atomic E-state index is 13.2. The molecule has 8 nitrogen and oxygen atoms in total. The van der Waals surface area contributed by atoms with Crippen molar-refractivity contribution in [2.75, 3.05) is 32.8 Å². The summed E-state index contributed by atoms with van der Waals surface area (Å²) in [6.07, 6.45) is 1.73. The van der Waals surface area contributed by atoms with E-state index in [-0.39, 0.29) is 30.2 Å². The number of benzene rings is 1. The number of aryl methyl sites for hydroxylation is 1. The molecule has 0 spiro atoms. The van der Waals surface area contributed by atoms with Crippen molar-refractivity contribution in [3.8, 4) is 0 Å². The maximum atomic E-state index is 13.2. The van der Waals surface area contributed by atoms with Crippen LogP contribution in [0.4, 0.5) is 0 Å². The van der Waals surface area contributed by atoms with Crippen LogP contribution in [0, 0.1) is 6.92 Å². The number of hydrogen-bond donors (Lipinski definition) is 0. The van der Waals surface area contributed by atoms with Crippen molar-refractivity contribution in [1.29, 1.82) is 0 Å². The van der Waals surface area contributed by atoms with Crippen LogP contribution in [-0.4, -0.2) is 70.7 Å². The van der Waals surface area contributed by atoms with Crippen LogP contribution in [0.2, 0.25) is 0 Å². The summed E-state index contributed by atoms with van der Waals surface area (Å²) in [4.78, 5) is 29.8. The van der Waals surface area contributed by atoms with Gasteiger partial charge in [0.1, 0.15) is 6.04 Å². The summed E-state index contributed by atoms with van der Waals surface area (Å²) < 4.78 is 11.0. The fourth-order valence-electron chi connectivity index (χ4n) is 4.09. The number of amides is 2. The van der Waals surface area contributed by atoms with Gasteiger partial charge in [-0.2, -0.15) is 0 Å². The summed E-state index contributed by atoms with van der Waals surface area (Å²) in [5.74, 6) is 0.541. The summed E-state index contributed by atoms with van der Waals surface area (Å²) in [6.45, 7) is 4.62. The molecule has 0 saturated carbocycles. The Kier molecular flexibility index (Phi) is 5.89. The molecule has 3 heterocycles. The van der Waals surface area contributed by atoms with Crippen LogP contribution in [0.1, 0.15) is 42.5 Å². The SMILES string of the molecule is Cc1nnc(C(CC(=O)N2CCCC2C(=O)N2CCOCC2)c2ccccc2)o1. The van der Waals surface area contributed by atoms with Gasteiger partial charge in [0.15, 0.2) is 0 Å². The minimum atomic E-state index is -0.388. The Balaban J connectivity index is 1.51. The molecular formula is C21H26N4O4. The lowest BCUT2D eigenvalue weighted by molar-refractivity contribution is -0.146. The van der Waals surface area contributed by atoms with E-state index in [0.717, 1.165) is 12.0 Å². The first kappa shape index (κ1) is 19.6. The monoisotopic (exact) mass is 398 g/mol. The lowest BCUT2D eigenvalue weighted by atomic mass is 9.95. The van der Waals surface area contributed by atoms with Gasteiger partial charge in [-0.3, -0.25) is 9.59 Å². The number of rotatable bonds is 5. The van der Waals surface area contributed by atoms with E-state index in [4.69, 9.17) is 9.15 Å². The molecule has 2 unspecified atom stereocenters. The Bertz CT molecular complexity index is 847. The van der Waals surface area contributed by atoms with E-state index in [0.29, 0.717) is 51.1 Å². The van der Waals surface area contributed by atoms with Gasteiger partial charge in [0.2, 0.25) is 23.6 Å². The third-order valence-electron chi connectivity index (χ3n) is 5.60. The van der Waals surface area contributed by atoms with E-state index < -0.39 is 0 Å². The predicted octanol–water partition coefficient (Wildman–Crippen LogP) is 1.75. The van der Waals surface area contributed by atoms with Gasteiger partial charge in [0.25, 0.3) is 0 Å². The molecule has 0 N–H and O–H groups in total. The Labute approximate surface area is 169 Å². The van der Waals surface area contributed by atoms with Crippen LogP contribution in [0.3, 0.4) is 0 Å². The molecule has 2 aliphatic rings. The van der Waals surface area contributed by atoms with Crippen molar-refractivity contribution in [3.05, 3.63) is 47.7 Å². The normalized spacial score (nSPS) is 20.7. The van der Waals surface area contributed by atoms with E-state index in [1.807, 2.05) is 35.2 Å². The first-order chi connectivity index (χ1) is 14.1. The average Bonchev–Trinajstić information content (AvgIpc) is 3.42. The second kappa shape index (κ2) is 8.73. The standard InChI is InChI=1S/C21H26N4O4/c1-15-22-23-20(29-15)17(16-6-3-2-4-7-16)14-19(26)25-9-5-8-18(25)21(27)24-10-12-28-13-11-24/h2-4,6-7,17-18H,5,8-14H2,1H3. The van der Waals surface area contributed by atoms with E-state index in [1.54, 1.807) is 11.8 Å². The van der Waals surface area contributed by atoms with Crippen LogP contribution in [0.25, 0.3) is 0 Å². The third-order valence-corrected chi connectivity index (χ3v) is 5.60. The van der Waals surface area contributed by atoms with Gasteiger partial charge < -0.3 is 19.0 Å². The molecule has 2 aliphatic heterocycles. The van der Waals surface area contributed by atoms with Gasteiger partial charge >= 0.3 is 0 Å². The van der Waals surface area contributed by atoms with E-state index >= 15 is 0 Å². The Morgan fingerprint density at radius 3 is 2.59 bits per heavy atom. The number of morpholine rings is 1. The van der Waals surface area contributed by atoms with Crippen LogP contribution in [0.5, 0.6) is 0 Å². The predicted molar refractivity (Wildman–Crippen MR) is 104 cm³/mol. The van der Waals surface area contributed by atoms with E-state index in [1.165, 1.54) is 0 Å². The van der Waals surface area contributed by atoms with Crippen LogP contribution >= 0.6 is 0 Å². The van der Waals surface area contributed by atoms with Crippen molar-refractivity contribution in [1.82, 2.24) is 20.0 Å². The highest BCUT2D eigenvalue weighted by Crippen LogP contribution is 2.30. The zero-order valence-corrected chi connectivity index (χ0v) is 16.6. The molecule has 2 amide bonds. The summed E-state index contributed by atoms with van der Waals surface area (Å²) >= 11 is 0. The van der Waals surface area contributed by atoms with E-state index in [9.17, 15) is 9.59 Å². The smallest absolute Gasteiger partial charge is 0.245 e. The van der Waals surface area contributed by atoms with Crippen molar-refractivity contribution in [2.24, 2.45) is 0 Å². The molecule has 1 aromatic heterocycles. The first-order valence-electron chi connectivity index (χ1n) is 10.1. The third kappa shape index (κ3) is 4.32. The zero-order valence-electron chi connectivity index (χ0n) is 16.6. The first-order valence-corrected chi connectivity index (χ1v) is 10.1. The Hall–Kier alpha value is -2.74. The van der Waals surface area contributed by atoms with Crippen LogP contribution in [0.15, 0.2) is 34.7 Å². The number of likely N-dealkylation sites (tertiary alicyclic amines) is 1. The minimum Gasteiger partial charge on any atom is -0.425 e. The molecule has 29 heavy (non-hydrogen) atoms. The lowest BCUT2D eigenvalue weighted by Gasteiger charge is -2.33. The fourth-order valence-corrected chi connectivity index (χ4v) is 4.09. The zero-order chi connectivity index (χ0) is 20.2.